The zero-order valence-corrected chi connectivity index (χ0v) is 13.1. The lowest BCUT2D eigenvalue weighted by Gasteiger charge is -2.11. The van der Waals surface area contributed by atoms with Crippen LogP contribution in [-0.2, 0) is 16.6 Å². The van der Waals surface area contributed by atoms with Crippen LogP contribution in [0.2, 0.25) is 0 Å². The summed E-state index contributed by atoms with van der Waals surface area (Å²) >= 11 is 0. The number of aryl methyl sites for hydroxylation is 1. The number of rotatable bonds is 5. The predicted octanol–water partition coefficient (Wildman–Crippen LogP) is 2.35. The van der Waals surface area contributed by atoms with E-state index in [1.807, 2.05) is 25.1 Å². The minimum Gasteiger partial charge on any atom is -0.496 e. The summed E-state index contributed by atoms with van der Waals surface area (Å²) in [5, 5.41) is 9.02. The number of ether oxygens (including phenoxy) is 1. The largest absolute Gasteiger partial charge is 0.496 e. The SMILES string of the molecule is COc1ccc(C)cc1CNS(=O)(=O)c1ccccc1C#N. The van der Waals surface area contributed by atoms with Gasteiger partial charge in [0.2, 0.25) is 10.0 Å². The molecule has 0 spiro atoms. The number of sulfonamides is 1. The van der Waals surface area contributed by atoms with E-state index in [9.17, 15) is 8.42 Å². The number of nitriles is 1. The Kier molecular flexibility index (Phi) is 4.81. The van der Waals surface area contributed by atoms with E-state index in [2.05, 4.69) is 4.72 Å². The van der Waals surface area contributed by atoms with Crippen molar-refractivity contribution in [2.75, 3.05) is 7.11 Å². The second kappa shape index (κ2) is 6.60. The highest BCUT2D eigenvalue weighted by atomic mass is 32.2. The fourth-order valence-electron chi connectivity index (χ4n) is 2.09. The van der Waals surface area contributed by atoms with Gasteiger partial charge in [-0.1, -0.05) is 29.8 Å². The number of methoxy groups -OCH3 is 1. The normalized spacial score (nSPS) is 11.0. The molecule has 0 bridgehead atoms. The molecule has 114 valence electrons. The van der Waals surface area contributed by atoms with Crippen molar-refractivity contribution in [3.63, 3.8) is 0 Å². The van der Waals surface area contributed by atoms with Crippen molar-refractivity contribution in [2.24, 2.45) is 0 Å². The summed E-state index contributed by atoms with van der Waals surface area (Å²) in [6.07, 6.45) is 0. The maximum Gasteiger partial charge on any atom is 0.242 e. The zero-order valence-electron chi connectivity index (χ0n) is 12.3. The Bertz CT molecular complexity index is 824. The second-order valence-electron chi connectivity index (χ2n) is 4.75. The quantitative estimate of drug-likeness (QED) is 0.918. The molecule has 0 aliphatic heterocycles. The van der Waals surface area contributed by atoms with Gasteiger partial charge in [-0.15, -0.1) is 0 Å². The number of benzene rings is 2. The van der Waals surface area contributed by atoms with Crippen molar-refractivity contribution < 1.29 is 13.2 Å². The van der Waals surface area contributed by atoms with E-state index in [1.165, 1.54) is 19.2 Å². The number of hydrogen-bond acceptors (Lipinski definition) is 4. The van der Waals surface area contributed by atoms with Crippen LogP contribution in [-0.4, -0.2) is 15.5 Å². The van der Waals surface area contributed by atoms with Crippen LogP contribution in [0.3, 0.4) is 0 Å². The molecular formula is C16H16N2O3S. The van der Waals surface area contributed by atoms with E-state index in [0.29, 0.717) is 5.75 Å². The summed E-state index contributed by atoms with van der Waals surface area (Å²) in [6, 6.07) is 13.5. The molecule has 2 aromatic carbocycles. The molecule has 6 heteroatoms. The molecule has 0 fully saturated rings. The maximum absolute atomic E-state index is 12.4. The van der Waals surface area contributed by atoms with E-state index >= 15 is 0 Å². The van der Waals surface area contributed by atoms with Crippen molar-refractivity contribution in [1.29, 1.82) is 5.26 Å². The van der Waals surface area contributed by atoms with Crippen LogP contribution in [0.1, 0.15) is 16.7 Å². The summed E-state index contributed by atoms with van der Waals surface area (Å²) in [7, 11) is -2.23. The van der Waals surface area contributed by atoms with E-state index in [-0.39, 0.29) is 17.0 Å². The molecule has 1 N–H and O–H groups in total. The van der Waals surface area contributed by atoms with E-state index in [1.54, 1.807) is 18.2 Å². The Morgan fingerprint density at radius 3 is 2.64 bits per heavy atom. The monoisotopic (exact) mass is 316 g/mol. The molecule has 0 unspecified atom stereocenters. The van der Waals surface area contributed by atoms with Crippen LogP contribution >= 0.6 is 0 Å². The standard InChI is InChI=1S/C16H16N2O3S/c1-12-7-8-15(21-2)14(9-12)11-18-22(19,20)16-6-4-3-5-13(16)10-17/h3-9,18H,11H2,1-2H3. The predicted molar refractivity (Wildman–Crippen MR) is 82.9 cm³/mol. The van der Waals surface area contributed by atoms with E-state index in [0.717, 1.165) is 11.1 Å². The van der Waals surface area contributed by atoms with Crippen LogP contribution in [0.15, 0.2) is 47.4 Å². The maximum atomic E-state index is 12.4. The first-order chi connectivity index (χ1) is 10.5. The highest BCUT2D eigenvalue weighted by Gasteiger charge is 2.18. The Morgan fingerprint density at radius 1 is 1.23 bits per heavy atom. The molecule has 0 saturated carbocycles. The van der Waals surface area contributed by atoms with Gasteiger partial charge in [0.1, 0.15) is 11.8 Å². The highest BCUT2D eigenvalue weighted by molar-refractivity contribution is 7.89. The number of nitrogens with zero attached hydrogens (tertiary/aromatic N) is 1. The minimum absolute atomic E-state index is 0.0240. The van der Waals surface area contributed by atoms with Crippen molar-refractivity contribution in [3.8, 4) is 11.8 Å². The summed E-state index contributed by atoms with van der Waals surface area (Å²) in [5.74, 6) is 0.613. The highest BCUT2D eigenvalue weighted by Crippen LogP contribution is 2.21. The van der Waals surface area contributed by atoms with Crippen LogP contribution < -0.4 is 9.46 Å². The summed E-state index contributed by atoms with van der Waals surface area (Å²) in [6.45, 7) is 2.01. The second-order valence-corrected chi connectivity index (χ2v) is 6.48. The van der Waals surface area contributed by atoms with Gasteiger partial charge in [0.05, 0.1) is 17.6 Å². The number of hydrogen-bond donors (Lipinski definition) is 1. The van der Waals surface area contributed by atoms with Crippen molar-refractivity contribution in [1.82, 2.24) is 4.72 Å². The summed E-state index contributed by atoms with van der Waals surface area (Å²) in [5.41, 5.74) is 1.86. The van der Waals surface area contributed by atoms with E-state index < -0.39 is 10.0 Å². The third kappa shape index (κ3) is 3.45. The topological polar surface area (TPSA) is 79.2 Å². The van der Waals surface area contributed by atoms with Gasteiger partial charge in [-0.25, -0.2) is 13.1 Å². The molecule has 5 nitrogen and oxygen atoms in total. The van der Waals surface area contributed by atoms with Gasteiger partial charge in [-0.3, -0.25) is 0 Å². The van der Waals surface area contributed by atoms with Crippen LogP contribution in [0.5, 0.6) is 5.75 Å². The average molecular weight is 316 g/mol. The molecule has 0 radical (unpaired) electrons. The molecule has 0 saturated heterocycles. The molecule has 0 aliphatic carbocycles. The van der Waals surface area contributed by atoms with Gasteiger partial charge in [0.15, 0.2) is 0 Å². The summed E-state index contributed by atoms with van der Waals surface area (Å²) < 4.78 is 32.5. The van der Waals surface area contributed by atoms with Crippen molar-refractivity contribution in [2.45, 2.75) is 18.4 Å². The molecular weight excluding hydrogens is 300 g/mol. The van der Waals surface area contributed by atoms with Gasteiger partial charge < -0.3 is 4.74 Å². The fourth-order valence-corrected chi connectivity index (χ4v) is 3.25. The lowest BCUT2D eigenvalue weighted by molar-refractivity contribution is 0.409. The van der Waals surface area contributed by atoms with Crippen LogP contribution in [0.4, 0.5) is 0 Å². The van der Waals surface area contributed by atoms with Gasteiger partial charge in [-0.2, -0.15) is 5.26 Å². The van der Waals surface area contributed by atoms with Crippen molar-refractivity contribution >= 4 is 10.0 Å². The average Bonchev–Trinajstić information content (AvgIpc) is 2.53. The Balaban J connectivity index is 2.28. The Morgan fingerprint density at radius 2 is 1.95 bits per heavy atom. The van der Waals surface area contributed by atoms with E-state index in [4.69, 9.17) is 10.00 Å². The molecule has 0 aromatic heterocycles. The van der Waals surface area contributed by atoms with Gasteiger partial charge in [0, 0.05) is 12.1 Å². The molecule has 2 aromatic rings. The molecule has 2 rings (SSSR count). The summed E-state index contributed by atoms with van der Waals surface area (Å²) in [4.78, 5) is -0.0240. The number of nitrogens with one attached hydrogen (secondary N) is 1. The van der Waals surface area contributed by atoms with Crippen LogP contribution in [0, 0.1) is 18.3 Å². The molecule has 0 heterocycles. The molecule has 0 amide bonds. The first-order valence-corrected chi connectivity index (χ1v) is 8.08. The minimum atomic E-state index is -3.77. The molecule has 0 atom stereocenters. The zero-order chi connectivity index (χ0) is 16.2. The first kappa shape index (κ1) is 16.0. The third-order valence-corrected chi connectivity index (χ3v) is 4.64. The Labute approximate surface area is 130 Å². The van der Waals surface area contributed by atoms with Gasteiger partial charge in [-0.05, 0) is 25.1 Å². The lowest BCUT2D eigenvalue weighted by atomic mass is 10.1. The smallest absolute Gasteiger partial charge is 0.242 e. The van der Waals surface area contributed by atoms with Crippen molar-refractivity contribution in [3.05, 3.63) is 59.2 Å². The molecule has 0 aliphatic rings. The van der Waals surface area contributed by atoms with Gasteiger partial charge >= 0.3 is 0 Å². The van der Waals surface area contributed by atoms with Crippen LogP contribution in [0.25, 0.3) is 0 Å². The molecule has 22 heavy (non-hydrogen) atoms. The third-order valence-electron chi connectivity index (χ3n) is 3.19. The fraction of sp³-hybridized carbons (Fsp3) is 0.188. The first-order valence-electron chi connectivity index (χ1n) is 6.60. The lowest BCUT2D eigenvalue weighted by Crippen LogP contribution is -2.24. The Hall–Kier alpha value is -2.36. The van der Waals surface area contributed by atoms with Gasteiger partial charge in [0.25, 0.3) is 0 Å².